The van der Waals surface area contributed by atoms with E-state index in [0.717, 1.165) is 11.7 Å². The van der Waals surface area contributed by atoms with Crippen molar-refractivity contribution in [3.63, 3.8) is 0 Å². The molecule has 0 aromatic carbocycles. The Hall–Kier alpha value is -0.700. The largest absolute Gasteiger partial charge is 0.384 e. The Kier molecular flexibility index (Phi) is 4.26. The van der Waals surface area contributed by atoms with Crippen molar-refractivity contribution in [1.82, 2.24) is 4.98 Å². The quantitative estimate of drug-likeness (QED) is 0.830. The third kappa shape index (κ3) is 3.58. The van der Waals surface area contributed by atoms with Gasteiger partial charge in [-0.15, -0.1) is 0 Å². The molecule has 2 N–H and O–H groups in total. The van der Waals surface area contributed by atoms with E-state index in [0.29, 0.717) is 11.1 Å². The van der Waals surface area contributed by atoms with Gasteiger partial charge in [0.25, 0.3) is 0 Å². The van der Waals surface area contributed by atoms with Crippen molar-refractivity contribution in [2.75, 3.05) is 5.73 Å². The minimum Gasteiger partial charge on any atom is -0.384 e. The number of aromatic nitrogens is 1. The summed E-state index contributed by atoms with van der Waals surface area (Å²) < 4.78 is 0. The van der Waals surface area contributed by atoms with E-state index in [1.54, 1.807) is 0 Å². The first-order valence-electron chi connectivity index (χ1n) is 4.91. The molecule has 0 saturated heterocycles. The molecule has 1 unspecified atom stereocenters. The van der Waals surface area contributed by atoms with Crippen LogP contribution in [0.2, 0.25) is 0 Å². The summed E-state index contributed by atoms with van der Waals surface area (Å²) in [5.41, 5.74) is 6.76. The van der Waals surface area contributed by atoms with Gasteiger partial charge in [-0.3, -0.25) is 0 Å². The van der Waals surface area contributed by atoms with E-state index in [1.165, 1.54) is 5.56 Å². The van der Waals surface area contributed by atoms with Gasteiger partial charge in [-0.05, 0) is 17.5 Å². The number of nitrogens with two attached hydrogens (primary N) is 1. The van der Waals surface area contributed by atoms with E-state index in [2.05, 4.69) is 25.8 Å². The summed E-state index contributed by atoms with van der Waals surface area (Å²) in [5.74, 6) is 2.34. The fourth-order valence-corrected chi connectivity index (χ4v) is 1.95. The van der Waals surface area contributed by atoms with Gasteiger partial charge in [0.15, 0.2) is 0 Å². The highest BCUT2D eigenvalue weighted by Crippen LogP contribution is 2.22. The summed E-state index contributed by atoms with van der Waals surface area (Å²) >= 11 is 1.96. The number of nitrogens with zero attached hydrogens (tertiary/aromatic N) is 1. The van der Waals surface area contributed by atoms with Gasteiger partial charge in [0, 0.05) is 17.2 Å². The monoisotopic (exact) mass is 210 g/mol. The van der Waals surface area contributed by atoms with Crippen molar-refractivity contribution in [2.24, 2.45) is 5.92 Å². The molecule has 0 spiro atoms. The van der Waals surface area contributed by atoms with E-state index in [-0.39, 0.29) is 0 Å². The fraction of sp³-hybridized carbons (Fsp3) is 0.545. The summed E-state index contributed by atoms with van der Waals surface area (Å²) in [5, 5.41) is 0.688. The van der Waals surface area contributed by atoms with E-state index in [9.17, 15) is 0 Å². The van der Waals surface area contributed by atoms with E-state index in [1.807, 2.05) is 30.1 Å². The highest BCUT2D eigenvalue weighted by Gasteiger charge is 2.07. The number of nitrogen functional groups attached to an aromatic ring is 1. The van der Waals surface area contributed by atoms with Crippen LogP contribution in [-0.4, -0.2) is 10.2 Å². The van der Waals surface area contributed by atoms with Gasteiger partial charge in [0.05, 0.1) is 0 Å². The number of hydrogen-bond acceptors (Lipinski definition) is 3. The Morgan fingerprint density at radius 1 is 1.36 bits per heavy atom. The minimum atomic E-state index is 0.593. The summed E-state index contributed by atoms with van der Waals surface area (Å²) in [4.78, 5) is 4.07. The first-order chi connectivity index (χ1) is 6.59. The van der Waals surface area contributed by atoms with Crippen LogP contribution in [0.3, 0.4) is 0 Å². The zero-order valence-corrected chi connectivity index (χ0v) is 9.84. The lowest BCUT2D eigenvalue weighted by Gasteiger charge is -2.14. The van der Waals surface area contributed by atoms with Crippen LogP contribution in [0.15, 0.2) is 18.3 Å². The second kappa shape index (κ2) is 5.25. The molecule has 0 aliphatic carbocycles. The number of pyridine rings is 1. The predicted octanol–water partition coefficient (Wildman–Crippen LogP) is 2.94. The van der Waals surface area contributed by atoms with Crippen LogP contribution in [0, 0.1) is 5.92 Å². The standard InChI is InChI=1S/C11H18N2S/c1-8(2)9(3)14-7-10-4-5-11(12)13-6-10/h4-6,8-9H,7H2,1-3H3,(H2,12,13). The Labute approximate surface area is 90.3 Å². The zero-order chi connectivity index (χ0) is 10.6. The van der Waals surface area contributed by atoms with Crippen LogP contribution in [0.5, 0.6) is 0 Å². The normalized spacial score (nSPS) is 13.1. The number of rotatable bonds is 4. The number of thioether (sulfide) groups is 1. The summed E-state index contributed by atoms with van der Waals surface area (Å²) in [7, 11) is 0. The zero-order valence-electron chi connectivity index (χ0n) is 9.03. The molecule has 0 saturated carbocycles. The van der Waals surface area contributed by atoms with Crippen LogP contribution in [-0.2, 0) is 5.75 Å². The van der Waals surface area contributed by atoms with Crippen molar-refractivity contribution in [1.29, 1.82) is 0 Å². The maximum atomic E-state index is 5.51. The van der Waals surface area contributed by atoms with Gasteiger partial charge in [-0.1, -0.05) is 26.8 Å². The van der Waals surface area contributed by atoms with Crippen LogP contribution in [0.1, 0.15) is 26.3 Å². The molecule has 0 aliphatic heterocycles. The summed E-state index contributed by atoms with van der Waals surface area (Å²) in [6, 6.07) is 3.90. The maximum Gasteiger partial charge on any atom is 0.123 e. The molecule has 1 rings (SSSR count). The second-order valence-corrected chi connectivity index (χ2v) is 5.22. The van der Waals surface area contributed by atoms with Crippen LogP contribution < -0.4 is 5.73 Å². The van der Waals surface area contributed by atoms with Crippen molar-refractivity contribution in [3.05, 3.63) is 23.9 Å². The molecule has 0 aliphatic rings. The van der Waals surface area contributed by atoms with Crippen molar-refractivity contribution in [2.45, 2.75) is 31.8 Å². The molecule has 2 nitrogen and oxygen atoms in total. The fourth-order valence-electron chi connectivity index (χ4n) is 0.941. The van der Waals surface area contributed by atoms with Gasteiger partial charge in [-0.2, -0.15) is 11.8 Å². The molecule has 0 radical (unpaired) electrons. The van der Waals surface area contributed by atoms with Gasteiger partial charge >= 0.3 is 0 Å². The van der Waals surface area contributed by atoms with E-state index < -0.39 is 0 Å². The Bertz CT molecular complexity index is 269. The minimum absolute atomic E-state index is 0.593. The molecular formula is C11H18N2S. The smallest absolute Gasteiger partial charge is 0.123 e. The maximum absolute atomic E-state index is 5.51. The molecule has 78 valence electrons. The van der Waals surface area contributed by atoms with Crippen molar-refractivity contribution >= 4 is 17.6 Å². The summed E-state index contributed by atoms with van der Waals surface area (Å²) in [6.45, 7) is 6.76. The molecule has 1 aromatic rings. The SMILES string of the molecule is CC(C)C(C)SCc1ccc(N)nc1. The van der Waals surface area contributed by atoms with Gasteiger partial charge < -0.3 is 5.73 Å². The Balaban J connectivity index is 2.42. The first-order valence-corrected chi connectivity index (χ1v) is 5.96. The van der Waals surface area contributed by atoms with Gasteiger partial charge in [0.1, 0.15) is 5.82 Å². The molecule has 1 heterocycles. The van der Waals surface area contributed by atoms with Crippen LogP contribution in [0.25, 0.3) is 0 Å². The molecule has 0 fully saturated rings. The lowest BCUT2D eigenvalue weighted by atomic mass is 10.2. The van der Waals surface area contributed by atoms with Gasteiger partial charge in [0.2, 0.25) is 0 Å². The number of hydrogen-bond donors (Lipinski definition) is 1. The molecule has 0 bridgehead atoms. The molecular weight excluding hydrogens is 192 g/mol. The van der Waals surface area contributed by atoms with E-state index >= 15 is 0 Å². The van der Waals surface area contributed by atoms with Crippen LogP contribution >= 0.6 is 11.8 Å². The highest BCUT2D eigenvalue weighted by atomic mass is 32.2. The summed E-state index contributed by atoms with van der Waals surface area (Å²) in [6.07, 6.45) is 1.86. The Morgan fingerprint density at radius 3 is 2.57 bits per heavy atom. The van der Waals surface area contributed by atoms with Gasteiger partial charge in [-0.25, -0.2) is 4.98 Å². The van der Waals surface area contributed by atoms with Crippen LogP contribution in [0.4, 0.5) is 5.82 Å². The lowest BCUT2D eigenvalue weighted by molar-refractivity contribution is 0.642. The van der Waals surface area contributed by atoms with E-state index in [4.69, 9.17) is 5.73 Å². The highest BCUT2D eigenvalue weighted by molar-refractivity contribution is 7.99. The molecule has 1 atom stereocenters. The molecule has 14 heavy (non-hydrogen) atoms. The third-order valence-corrected chi connectivity index (χ3v) is 3.87. The molecule has 3 heteroatoms. The topological polar surface area (TPSA) is 38.9 Å². The molecule has 1 aromatic heterocycles. The first kappa shape index (κ1) is 11.4. The number of anilines is 1. The Morgan fingerprint density at radius 2 is 2.07 bits per heavy atom. The second-order valence-electron chi connectivity index (χ2n) is 3.85. The van der Waals surface area contributed by atoms with Crippen molar-refractivity contribution < 1.29 is 0 Å². The average molecular weight is 210 g/mol. The molecule has 0 amide bonds. The lowest BCUT2D eigenvalue weighted by Crippen LogP contribution is -2.05. The third-order valence-electron chi connectivity index (χ3n) is 2.30. The predicted molar refractivity (Wildman–Crippen MR) is 64.2 cm³/mol. The average Bonchev–Trinajstić information content (AvgIpc) is 2.16. The van der Waals surface area contributed by atoms with Crippen molar-refractivity contribution in [3.8, 4) is 0 Å².